The van der Waals surface area contributed by atoms with Crippen LogP contribution < -0.4 is 10.5 Å². The van der Waals surface area contributed by atoms with Crippen molar-refractivity contribution >= 4 is 11.5 Å². The number of nitrogens with zero attached hydrogens (tertiary/aromatic N) is 2. The first-order valence-corrected chi connectivity index (χ1v) is 6.60. The quantitative estimate of drug-likeness (QED) is 0.785. The standard InChI is InChI=1S/C16H16FN3O/c1-9-6-10(2)15(21-3)12(7-9)14-16(18)20-8-11(17)4-5-13(20)19-14/h4-8H,18H2,1-3H3. The highest BCUT2D eigenvalue weighted by Gasteiger charge is 2.17. The van der Waals surface area contributed by atoms with Gasteiger partial charge in [-0.2, -0.15) is 0 Å². The summed E-state index contributed by atoms with van der Waals surface area (Å²) < 4.78 is 20.4. The van der Waals surface area contributed by atoms with Crippen LogP contribution in [-0.4, -0.2) is 16.5 Å². The molecule has 0 aliphatic carbocycles. The number of hydrogen-bond donors (Lipinski definition) is 1. The van der Waals surface area contributed by atoms with E-state index in [1.807, 2.05) is 26.0 Å². The van der Waals surface area contributed by atoms with Crippen molar-refractivity contribution in [2.45, 2.75) is 13.8 Å². The molecule has 4 nitrogen and oxygen atoms in total. The normalized spacial score (nSPS) is 11.0. The number of pyridine rings is 1. The minimum absolute atomic E-state index is 0.356. The summed E-state index contributed by atoms with van der Waals surface area (Å²) in [4.78, 5) is 4.51. The molecule has 3 rings (SSSR count). The lowest BCUT2D eigenvalue weighted by Crippen LogP contribution is -1.97. The molecule has 5 heteroatoms. The van der Waals surface area contributed by atoms with Gasteiger partial charge in [0.2, 0.25) is 0 Å². The Morgan fingerprint density at radius 2 is 2.00 bits per heavy atom. The third-order valence-corrected chi connectivity index (χ3v) is 3.50. The number of benzene rings is 1. The molecule has 2 N–H and O–H groups in total. The highest BCUT2D eigenvalue weighted by atomic mass is 19.1. The molecule has 0 atom stereocenters. The van der Waals surface area contributed by atoms with Crippen molar-refractivity contribution in [1.82, 2.24) is 9.38 Å². The Bertz CT molecular complexity index is 839. The van der Waals surface area contributed by atoms with E-state index in [0.717, 1.165) is 22.4 Å². The molecule has 0 saturated carbocycles. The number of halogens is 1. The second-order valence-corrected chi connectivity index (χ2v) is 5.08. The van der Waals surface area contributed by atoms with Crippen LogP contribution in [-0.2, 0) is 0 Å². The Balaban J connectivity index is 2.33. The third kappa shape index (κ3) is 2.11. The van der Waals surface area contributed by atoms with Crippen LogP contribution in [0.2, 0.25) is 0 Å². The zero-order valence-corrected chi connectivity index (χ0v) is 12.1. The summed E-state index contributed by atoms with van der Waals surface area (Å²) in [5.74, 6) is 0.773. The maximum atomic E-state index is 13.4. The third-order valence-electron chi connectivity index (χ3n) is 3.50. The van der Waals surface area contributed by atoms with Crippen molar-refractivity contribution in [3.05, 3.63) is 47.4 Å². The molecular formula is C16H16FN3O. The van der Waals surface area contributed by atoms with Crippen LogP contribution in [0.5, 0.6) is 5.75 Å². The Kier molecular flexibility index (Phi) is 3.05. The summed E-state index contributed by atoms with van der Waals surface area (Å²) >= 11 is 0. The number of ether oxygens (including phenoxy) is 1. The predicted molar refractivity (Wildman–Crippen MR) is 81.0 cm³/mol. The Labute approximate surface area is 122 Å². The second kappa shape index (κ2) is 4.77. The fourth-order valence-corrected chi connectivity index (χ4v) is 2.64. The van der Waals surface area contributed by atoms with Gasteiger partial charge in [-0.15, -0.1) is 0 Å². The van der Waals surface area contributed by atoms with Crippen LogP contribution >= 0.6 is 0 Å². The zero-order chi connectivity index (χ0) is 15.1. The Morgan fingerprint density at radius 3 is 2.71 bits per heavy atom. The molecular weight excluding hydrogens is 269 g/mol. The fraction of sp³-hybridized carbons (Fsp3) is 0.188. The van der Waals surface area contributed by atoms with E-state index in [9.17, 15) is 4.39 Å². The Hall–Kier alpha value is -2.56. The maximum Gasteiger partial charge on any atom is 0.140 e. The summed E-state index contributed by atoms with van der Waals surface area (Å²) in [7, 11) is 1.62. The highest BCUT2D eigenvalue weighted by Crippen LogP contribution is 2.36. The number of anilines is 1. The van der Waals surface area contributed by atoms with Gasteiger partial charge in [0.1, 0.15) is 28.7 Å². The number of imidazole rings is 1. The fourth-order valence-electron chi connectivity index (χ4n) is 2.64. The summed E-state index contributed by atoms with van der Waals surface area (Å²) in [6.45, 7) is 3.97. The van der Waals surface area contributed by atoms with E-state index in [-0.39, 0.29) is 5.82 Å². The number of nitrogens with two attached hydrogens (primary N) is 1. The summed E-state index contributed by atoms with van der Waals surface area (Å²) in [5.41, 5.74) is 10.3. The number of aryl methyl sites for hydroxylation is 2. The number of rotatable bonds is 2. The molecule has 0 saturated heterocycles. The van der Waals surface area contributed by atoms with E-state index >= 15 is 0 Å². The van der Waals surface area contributed by atoms with E-state index < -0.39 is 0 Å². The molecule has 0 aliphatic rings. The predicted octanol–water partition coefficient (Wildman–Crippen LogP) is 3.35. The molecule has 0 unspecified atom stereocenters. The molecule has 2 aromatic heterocycles. The number of hydrogen-bond acceptors (Lipinski definition) is 3. The molecule has 0 aliphatic heterocycles. The highest BCUT2D eigenvalue weighted by molar-refractivity contribution is 5.80. The van der Waals surface area contributed by atoms with Crippen LogP contribution in [0.1, 0.15) is 11.1 Å². The SMILES string of the molecule is COc1c(C)cc(C)cc1-c1nc2ccc(F)cn2c1N. The molecule has 0 radical (unpaired) electrons. The van der Waals surface area contributed by atoms with Gasteiger partial charge in [-0.1, -0.05) is 6.07 Å². The van der Waals surface area contributed by atoms with Gasteiger partial charge >= 0.3 is 0 Å². The van der Waals surface area contributed by atoms with Crippen molar-refractivity contribution in [3.63, 3.8) is 0 Å². The number of fused-ring (bicyclic) bond motifs is 1. The summed E-state index contributed by atoms with van der Waals surface area (Å²) in [5, 5.41) is 0. The van der Waals surface area contributed by atoms with Gasteiger partial charge in [-0.3, -0.25) is 4.40 Å². The first-order valence-electron chi connectivity index (χ1n) is 6.60. The number of nitrogen functional groups attached to an aromatic ring is 1. The first kappa shape index (κ1) is 13.4. The van der Waals surface area contributed by atoms with Crippen LogP contribution in [0.25, 0.3) is 16.9 Å². The molecule has 0 fully saturated rings. The lowest BCUT2D eigenvalue weighted by molar-refractivity contribution is 0.413. The van der Waals surface area contributed by atoms with Crippen LogP contribution in [0.4, 0.5) is 10.2 Å². The number of aromatic nitrogens is 2. The zero-order valence-electron chi connectivity index (χ0n) is 12.1. The van der Waals surface area contributed by atoms with Crippen LogP contribution in [0, 0.1) is 19.7 Å². The van der Waals surface area contributed by atoms with E-state index in [1.54, 1.807) is 17.6 Å². The van der Waals surface area contributed by atoms with Crippen LogP contribution in [0.15, 0.2) is 30.5 Å². The molecule has 0 bridgehead atoms. The smallest absolute Gasteiger partial charge is 0.140 e. The molecule has 21 heavy (non-hydrogen) atoms. The van der Waals surface area contributed by atoms with Gasteiger partial charge in [0.15, 0.2) is 0 Å². The van der Waals surface area contributed by atoms with Crippen molar-refractivity contribution in [2.75, 3.05) is 12.8 Å². The van der Waals surface area contributed by atoms with Crippen molar-refractivity contribution < 1.29 is 9.13 Å². The van der Waals surface area contributed by atoms with E-state index in [1.165, 1.54) is 12.3 Å². The summed E-state index contributed by atoms with van der Waals surface area (Å²) in [6.07, 6.45) is 1.33. The molecule has 0 amide bonds. The van der Waals surface area contributed by atoms with Gasteiger partial charge < -0.3 is 10.5 Å². The Morgan fingerprint density at radius 1 is 1.24 bits per heavy atom. The van der Waals surface area contributed by atoms with Gasteiger partial charge in [-0.25, -0.2) is 9.37 Å². The van der Waals surface area contributed by atoms with Crippen LogP contribution in [0.3, 0.4) is 0 Å². The number of methoxy groups -OCH3 is 1. The largest absolute Gasteiger partial charge is 0.496 e. The van der Waals surface area contributed by atoms with E-state index in [2.05, 4.69) is 4.98 Å². The second-order valence-electron chi connectivity index (χ2n) is 5.08. The molecule has 108 valence electrons. The lowest BCUT2D eigenvalue weighted by Gasteiger charge is -2.11. The van der Waals surface area contributed by atoms with Gasteiger partial charge in [0.05, 0.1) is 7.11 Å². The van der Waals surface area contributed by atoms with Gasteiger partial charge in [0, 0.05) is 11.8 Å². The minimum atomic E-state index is -0.356. The van der Waals surface area contributed by atoms with Crippen molar-refractivity contribution in [3.8, 4) is 17.0 Å². The van der Waals surface area contributed by atoms with Gasteiger partial charge in [0.25, 0.3) is 0 Å². The first-order chi connectivity index (χ1) is 10.0. The molecule has 2 heterocycles. The van der Waals surface area contributed by atoms with E-state index in [4.69, 9.17) is 10.5 Å². The van der Waals surface area contributed by atoms with E-state index in [0.29, 0.717) is 17.2 Å². The minimum Gasteiger partial charge on any atom is -0.496 e. The topological polar surface area (TPSA) is 52.5 Å². The molecule has 0 spiro atoms. The van der Waals surface area contributed by atoms with Crippen molar-refractivity contribution in [1.29, 1.82) is 0 Å². The monoisotopic (exact) mass is 285 g/mol. The summed E-state index contributed by atoms with van der Waals surface area (Å²) in [6, 6.07) is 6.98. The molecule has 1 aromatic carbocycles. The van der Waals surface area contributed by atoms with Gasteiger partial charge in [-0.05, 0) is 43.2 Å². The molecule has 3 aromatic rings. The maximum absolute atomic E-state index is 13.4. The van der Waals surface area contributed by atoms with Crippen molar-refractivity contribution in [2.24, 2.45) is 0 Å². The average Bonchev–Trinajstić information content (AvgIpc) is 2.75. The lowest BCUT2D eigenvalue weighted by atomic mass is 10.0. The average molecular weight is 285 g/mol.